The fraction of sp³-hybridized carbons (Fsp3) is 0.308. The molecule has 0 saturated carbocycles. The van der Waals surface area contributed by atoms with Crippen LogP contribution in [0.1, 0.15) is 24.8 Å². The molecule has 0 aliphatic rings. The summed E-state index contributed by atoms with van der Waals surface area (Å²) in [5.74, 6) is 2.75. The largest absolute Gasteiger partial charge is 0.299 e. The lowest BCUT2D eigenvalue weighted by Crippen LogP contribution is -2.01. The highest BCUT2D eigenvalue weighted by atomic mass is 35.5. The van der Waals surface area contributed by atoms with Crippen LogP contribution in [-0.4, -0.2) is 5.78 Å². The standard InChI is InChI=1S/C13H13ClO/c1-2-3-4-5-13(15)10-11-6-8-12(14)9-7-11/h1,6-9H,3-5,10H2. The van der Waals surface area contributed by atoms with Crippen LogP contribution in [0.3, 0.4) is 0 Å². The van der Waals surface area contributed by atoms with Gasteiger partial charge in [-0.05, 0) is 24.1 Å². The number of terminal acetylenes is 1. The maximum atomic E-state index is 11.5. The van der Waals surface area contributed by atoms with E-state index in [1.54, 1.807) is 12.1 Å². The molecule has 1 nitrogen and oxygen atoms in total. The molecule has 2 heteroatoms. The third-order valence-corrected chi connectivity index (χ3v) is 2.34. The fourth-order valence-corrected chi connectivity index (χ4v) is 1.43. The number of rotatable bonds is 5. The van der Waals surface area contributed by atoms with Crippen LogP contribution in [0.5, 0.6) is 0 Å². The maximum absolute atomic E-state index is 11.5. The van der Waals surface area contributed by atoms with Crippen molar-refractivity contribution in [3.63, 3.8) is 0 Å². The van der Waals surface area contributed by atoms with Crippen LogP contribution in [0.2, 0.25) is 5.02 Å². The number of carbonyl (C=O) groups excluding carboxylic acids is 1. The maximum Gasteiger partial charge on any atom is 0.137 e. The first-order valence-corrected chi connectivity index (χ1v) is 5.30. The van der Waals surface area contributed by atoms with Crippen molar-refractivity contribution >= 4 is 17.4 Å². The van der Waals surface area contributed by atoms with Crippen LogP contribution >= 0.6 is 11.6 Å². The van der Waals surface area contributed by atoms with E-state index in [1.807, 2.05) is 12.1 Å². The average molecular weight is 221 g/mol. The van der Waals surface area contributed by atoms with E-state index in [0.29, 0.717) is 24.3 Å². The minimum atomic E-state index is 0.229. The second-order valence-corrected chi connectivity index (χ2v) is 3.84. The number of hydrogen-bond acceptors (Lipinski definition) is 1. The van der Waals surface area contributed by atoms with Gasteiger partial charge in [-0.2, -0.15) is 0 Å². The van der Waals surface area contributed by atoms with Gasteiger partial charge < -0.3 is 0 Å². The summed E-state index contributed by atoms with van der Waals surface area (Å²) in [6.07, 6.45) is 7.60. The molecule has 0 atom stereocenters. The van der Waals surface area contributed by atoms with E-state index in [-0.39, 0.29) is 5.78 Å². The van der Waals surface area contributed by atoms with Gasteiger partial charge in [0.2, 0.25) is 0 Å². The molecule has 0 radical (unpaired) electrons. The van der Waals surface area contributed by atoms with Crippen molar-refractivity contribution in [3.05, 3.63) is 34.9 Å². The zero-order valence-electron chi connectivity index (χ0n) is 8.50. The Bertz CT molecular complexity index is 359. The van der Waals surface area contributed by atoms with Crippen molar-refractivity contribution in [1.29, 1.82) is 0 Å². The van der Waals surface area contributed by atoms with Crippen LogP contribution in [-0.2, 0) is 11.2 Å². The summed E-state index contributed by atoms with van der Waals surface area (Å²) in [6.45, 7) is 0. The van der Waals surface area contributed by atoms with E-state index in [4.69, 9.17) is 18.0 Å². The molecular weight excluding hydrogens is 208 g/mol. The van der Waals surface area contributed by atoms with Gasteiger partial charge in [0.05, 0.1) is 0 Å². The highest BCUT2D eigenvalue weighted by molar-refractivity contribution is 6.30. The summed E-state index contributed by atoms with van der Waals surface area (Å²) in [6, 6.07) is 7.35. The molecule has 0 N–H and O–H groups in total. The molecule has 0 bridgehead atoms. The molecule has 0 heterocycles. The minimum absolute atomic E-state index is 0.229. The Morgan fingerprint density at radius 3 is 2.60 bits per heavy atom. The monoisotopic (exact) mass is 220 g/mol. The molecule has 0 spiro atoms. The Hall–Kier alpha value is -1.26. The Kier molecular flexibility index (Phi) is 4.93. The minimum Gasteiger partial charge on any atom is -0.299 e. The molecule has 0 amide bonds. The lowest BCUT2D eigenvalue weighted by atomic mass is 10.1. The van der Waals surface area contributed by atoms with E-state index in [0.717, 1.165) is 12.0 Å². The molecule has 0 aromatic heterocycles. The smallest absolute Gasteiger partial charge is 0.137 e. The third kappa shape index (κ3) is 4.67. The van der Waals surface area contributed by atoms with Gasteiger partial charge in [0.15, 0.2) is 0 Å². The van der Waals surface area contributed by atoms with Crippen molar-refractivity contribution in [2.45, 2.75) is 25.7 Å². The Balaban J connectivity index is 2.38. The third-order valence-electron chi connectivity index (χ3n) is 2.09. The predicted octanol–water partition coefficient (Wildman–Crippen LogP) is 3.26. The van der Waals surface area contributed by atoms with Gasteiger partial charge in [0, 0.05) is 24.3 Å². The van der Waals surface area contributed by atoms with Gasteiger partial charge in [0.1, 0.15) is 5.78 Å². The summed E-state index contributed by atoms with van der Waals surface area (Å²) in [5, 5.41) is 0.693. The highest BCUT2D eigenvalue weighted by Gasteiger charge is 2.02. The SMILES string of the molecule is C#CCCCC(=O)Cc1ccc(Cl)cc1. The van der Waals surface area contributed by atoms with Crippen LogP contribution < -0.4 is 0 Å². The number of carbonyl (C=O) groups is 1. The van der Waals surface area contributed by atoms with Crippen molar-refractivity contribution in [2.75, 3.05) is 0 Å². The second-order valence-electron chi connectivity index (χ2n) is 3.40. The van der Waals surface area contributed by atoms with Gasteiger partial charge in [-0.15, -0.1) is 12.3 Å². The first-order valence-electron chi connectivity index (χ1n) is 4.92. The highest BCUT2D eigenvalue weighted by Crippen LogP contribution is 2.11. The van der Waals surface area contributed by atoms with Gasteiger partial charge in [-0.25, -0.2) is 0 Å². The summed E-state index contributed by atoms with van der Waals surface area (Å²) in [4.78, 5) is 11.5. The quantitative estimate of drug-likeness (QED) is 0.550. The summed E-state index contributed by atoms with van der Waals surface area (Å²) in [5.41, 5.74) is 1.00. The lowest BCUT2D eigenvalue weighted by molar-refractivity contribution is -0.118. The average Bonchev–Trinajstić information content (AvgIpc) is 2.22. The van der Waals surface area contributed by atoms with Crippen molar-refractivity contribution in [1.82, 2.24) is 0 Å². The number of hydrogen-bond donors (Lipinski definition) is 0. The topological polar surface area (TPSA) is 17.1 Å². The van der Waals surface area contributed by atoms with Gasteiger partial charge in [-0.1, -0.05) is 23.7 Å². The van der Waals surface area contributed by atoms with Crippen LogP contribution in [0.25, 0.3) is 0 Å². The lowest BCUT2D eigenvalue weighted by Gasteiger charge is -2.00. The molecule has 0 aliphatic carbocycles. The molecule has 1 aromatic rings. The normalized spacial score (nSPS) is 9.60. The molecule has 0 fully saturated rings. The molecule has 0 unspecified atom stereocenters. The number of halogens is 1. The molecule has 0 saturated heterocycles. The molecule has 1 rings (SSSR count). The van der Waals surface area contributed by atoms with Gasteiger partial charge >= 0.3 is 0 Å². The van der Waals surface area contributed by atoms with Crippen molar-refractivity contribution < 1.29 is 4.79 Å². The van der Waals surface area contributed by atoms with Crippen molar-refractivity contribution in [2.24, 2.45) is 0 Å². The summed E-state index contributed by atoms with van der Waals surface area (Å²) < 4.78 is 0. The second kappa shape index (κ2) is 6.27. The van der Waals surface area contributed by atoms with Crippen LogP contribution in [0.4, 0.5) is 0 Å². The number of ketones is 1. The fourth-order valence-electron chi connectivity index (χ4n) is 1.31. The summed E-state index contributed by atoms with van der Waals surface area (Å²) in [7, 11) is 0. The number of unbranched alkanes of at least 4 members (excludes halogenated alkanes) is 1. The van der Waals surface area contributed by atoms with E-state index in [2.05, 4.69) is 5.92 Å². The Morgan fingerprint density at radius 2 is 2.00 bits per heavy atom. The molecule has 15 heavy (non-hydrogen) atoms. The Morgan fingerprint density at radius 1 is 1.33 bits per heavy atom. The molecular formula is C13H13ClO. The van der Waals surface area contributed by atoms with Gasteiger partial charge in [0.25, 0.3) is 0 Å². The van der Waals surface area contributed by atoms with Crippen LogP contribution in [0, 0.1) is 12.3 Å². The first kappa shape index (κ1) is 11.8. The van der Waals surface area contributed by atoms with Crippen LogP contribution in [0.15, 0.2) is 24.3 Å². The van der Waals surface area contributed by atoms with Crippen molar-refractivity contribution in [3.8, 4) is 12.3 Å². The zero-order valence-corrected chi connectivity index (χ0v) is 9.26. The molecule has 1 aromatic carbocycles. The summed E-state index contributed by atoms with van der Waals surface area (Å²) >= 11 is 5.74. The zero-order chi connectivity index (χ0) is 11.1. The first-order chi connectivity index (χ1) is 7.22. The van der Waals surface area contributed by atoms with E-state index >= 15 is 0 Å². The Labute approximate surface area is 95.5 Å². The predicted molar refractivity (Wildman–Crippen MR) is 62.8 cm³/mol. The van der Waals surface area contributed by atoms with Gasteiger partial charge in [-0.3, -0.25) is 4.79 Å². The van der Waals surface area contributed by atoms with E-state index in [9.17, 15) is 4.79 Å². The number of Topliss-reactive ketones (excluding diaryl/α,β-unsaturated/α-hetero) is 1. The molecule has 0 aliphatic heterocycles. The number of benzene rings is 1. The van der Waals surface area contributed by atoms with E-state index < -0.39 is 0 Å². The van der Waals surface area contributed by atoms with E-state index in [1.165, 1.54) is 0 Å². The molecule has 78 valence electrons.